The number of nitrogens with one attached hydrogen (secondary N) is 1. The Balaban J connectivity index is 2.34. The molecule has 0 bridgehead atoms. The lowest BCUT2D eigenvalue weighted by atomic mass is 10.2. The highest BCUT2D eigenvalue weighted by atomic mass is 35.5. The molecule has 110 valence electrons. The monoisotopic (exact) mass is 298 g/mol. The number of nitrogen functional groups attached to an aromatic ring is 1. The molecule has 0 saturated carbocycles. The summed E-state index contributed by atoms with van der Waals surface area (Å²) in [7, 11) is 0. The quantitative estimate of drug-likeness (QED) is 0.834. The second-order valence-electron chi connectivity index (χ2n) is 5.08. The maximum Gasteiger partial charge on any atom is 0.407 e. The SMILES string of the molecule is CC(C)(C)OC(=O)NCCC=Cc1ncc(Cl)nc1N. The van der Waals surface area contributed by atoms with E-state index in [4.69, 9.17) is 22.1 Å². The lowest BCUT2D eigenvalue weighted by molar-refractivity contribution is 0.0529. The van der Waals surface area contributed by atoms with Gasteiger partial charge in [0.1, 0.15) is 16.4 Å². The molecular weight excluding hydrogens is 280 g/mol. The molecule has 7 heteroatoms. The number of nitrogens with zero attached hydrogens (tertiary/aromatic N) is 2. The number of anilines is 1. The van der Waals surface area contributed by atoms with Gasteiger partial charge < -0.3 is 15.8 Å². The van der Waals surface area contributed by atoms with Gasteiger partial charge in [-0.15, -0.1) is 0 Å². The number of carbonyl (C=O) groups excluding carboxylic acids is 1. The summed E-state index contributed by atoms with van der Waals surface area (Å²) in [6.45, 7) is 5.91. The van der Waals surface area contributed by atoms with E-state index in [0.717, 1.165) is 0 Å². The van der Waals surface area contributed by atoms with Gasteiger partial charge in [0.15, 0.2) is 5.82 Å². The normalized spacial score (nSPS) is 11.6. The molecule has 1 aromatic rings. The zero-order chi connectivity index (χ0) is 15.2. The first-order valence-corrected chi connectivity index (χ1v) is 6.57. The smallest absolute Gasteiger partial charge is 0.407 e. The van der Waals surface area contributed by atoms with Crippen LogP contribution in [0.15, 0.2) is 12.3 Å². The number of hydrogen-bond acceptors (Lipinski definition) is 5. The summed E-state index contributed by atoms with van der Waals surface area (Å²) in [5.74, 6) is 0.272. The van der Waals surface area contributed by atoms with Crippen molar-refractivity contribution >= 4 is 29.6 Å². The van der Waals surface area contributed by atoms with Crippen LogP contribution < -0.4 is 11.1 Å². The average molecular weight is 299 g/mol. The van der Waals surface area contributed by atoms with Crippen molar-refractivity contribution in [2.24, 2.45) is 0 Å². The molecule has 1 rings (SSSR count). The minimum Gasteiger partial charge on any atom is -0.444 e. The molecule has 1 heterocycles. The van der Waals surface area contributed by atoms with Crippen LogP contribution in [0, 0.1) is 0 Å². The van der Waals surface area contributed by atoms with Crippen molar-refractivity contribution in [3.63, 3.8) is 0 Å². The van der Waals surface area contributed by atoms with Gasteiger partial charge >= 0.3 is 6.09 Å². The van der Waals surface area contributed by atoms with Gasteiger partial charge in [0.05, 0.1) is 6.20 Å². The number of rotatable bonds is 4. The van der Waals surface area contributed by atoms with Crippen LogP contribution in [-0.2, 0) is 4.74 Å². The molecule has 0 saturated heterocycles. The molecule has 1 aromatic heterocycles. The average Bonchev–Trinajstić information content (AvgIpc) is 2.28. The third-order valence-electron chi connectivity index (χ3n) is 2.05. The van der Waals surface area contributed by atoms with E-state index >= 15 is 0 Å². The standard InChI is InChI=1S/C13H19ClN4O2/c1-13(2,3)20-12(19)16-7-5-4-6-9-11(15)18-10(14)8-17-9/h4,6,8H,5,7H2,1-3H3,(H2,15,18)(H,16,19). The second-order valence-corrected chi connectivity index (χ2v) is 5.47. The van der Waals surface area contributed by atoms with Crippen LogP contribution in [0.4, 0.5) is 10.6 Å². The van der Waals surface area contributed by atoms with Crippen LogP contribution in [0.1, 0.15) is 32.9 Å². The van der Waals surface area contributed by atoms with Crippen molar-refractivity contribution in [2.75, 3.05) is 12.3 Å². The van der Waals surface area contributed by atoms with E-state index in [1.165, 1.54) is 6.20 Å². The Morgan fingerprint density at radius 2 is 2.25 bits per heavy atom. The molecule has 0 fully saturated rings. The van der Waals surface area contributed by atoms with E-state index in [0.29, 0.717) is 18.7 Å². The zero-order valence-corrected chi connectivity index (χ0v) is 12.6. The fourth-order valence-electron chi connectivity index (χ4n) is 1.29. The van der Waals surface area contributed by atoms with Crippen molar-refractivity contribution in [3.8, 4) is 0 Å². The number of nitrogens with two attached hydrogens (primary N) is 1. The molecule has 0 unspecified atom stereocenters. The molecule has 0 aliphatic rings. The number of amides is 1. The van der Waals surface area contributed by atoms with E-state index in [9.17, 15) is 4.79 Å². The molecule has 0 radical (unpaired) electrons. The molecular formula is C13H19ClN4O2. The van der Waals surface area contributed by atoms with Crippen molar-refractivity contribution in [1.82, 2.24) is 15.3 Å². The van der Waals surface area contributed by atoms with Gasteiger partial charge in [0, 0.05) is 6.54 Å². The highest BCUT2D eigenvalue weighted by molar-refractivity contribution is 6.29. The Labute approximate surface area is 123 Å². The Hall–Kier alpha value is -1.82. The van der Waals surface area contributed by atoms with Crippen molar-refractivity contribution in [1.29, 1.82) is 0 Å². The topological polar surface area (TPSA) is 90.1 Å². The third kappa shape index (κ3) is 6.38. The maximum atomic E-state index is 11.4. The van der Waals surface area contributed by atoms with Gasteiger partial charge in [-0.25, -0.2) is 14.8 Å². The number of hydrogen-bond donors (Lipinski definition) is 2. The molecule has 1 amide bonds. The largest absolute Gasteiger partial charge is 0.444 e. The van der Waals surface area contributed by atoms with E-state index in [1.807, 2.05) is 26.8 Å². The van der Waals surface area contributed by atoms with Gasteiger partial charge in [-0.3, -0.25) is 0 Å². The maximum absolute atomic E-state index is 11.4. The Morgan fingerprint density at radius 3 is 2.85 bits per heavy atom. The third-order valence-corrected chi connectivity index (χ3v) is 2.24. The number of aromatic nitrogens is 2. The summed E-state index contributed by atoms with van der Waals surface area (Å²) in [5, 5.41) is 2.90. The van der Waals surface area contributed by atoms with Crippen molar-refractivity contribution in [2.45, 2.75) is 32.8 Å². The first kappa shape index (κ1) is 16.2. The van der Waals surface area contributed by atoms with E-state index < -0.39 is 11.7 Å². The van der Waals surface area contributed by atoms with Crippen molar-refractivity contribution < 1.29 is 9.53 Å². The van der Waals surface area contributed by atoms with Gasteiger partial charge in [-0.05, 0) is 33.3 Å². The number of ether oxygens (including phenoxy) is 1. The summed E-state index contributed by atoms with van der Waals surface area (Å²) in [5.41, 5.74) is 5.71. The van der Waals surface area contributed by atoms with Crippen LogP contribution in [0.3, 0.4) is 0 Å². The molecule has 3 N–H and O–H groups in total. The van der Waals surface area contributed by atoms with E-state index in [2.05, 4.69) is 15.3 Å². The predicted molar refractivity (Wildman–Crippen MR) is 79.3 cm³/mol. The van der Waals surface area contributed by atoms with Gasteiger partial charge in [0.2, 0.25) is 0 Å². The lowest BCUT2D eigenvalue weighted by Crippen LogP contribution is -2.32. The molecule has 0 atom stereocenters. The molecule has 0 aliphatic heterocycles. The van der Waals surface area contributed by atoms with Gasteiger partial charge in [0.25, 0.3) is 0 Å². The fourth-order valence-corrected chi connectivity index (χ4v) is 1.43. The highest BCUT2D eigenvalue weighted by Crippen LogP contribution is 2.11. The lowest BCUT2D eigenvalue weighted by Gasteiger charge is -2.19. The molecule has 20 heavy (non-hydrogen) atoms. The van der Waals surface area contributed by atoms with Crippen LogP contribution in [0.25, 0.3) is 6.08 Å². The summed E-state index contributed by atoms with van der Waals surface area (Å²) in [6.07, 6.45) is 5.19. The Kier molecular flexibility index (Phi) is 5.76. The zero-order valence-electron chi connectivity index (χ0n) is 11.8. The summed E-state index contributed by atoms with van der Waals surface area (Å²) < 4.78 is 5.10. The van der Waals surface area contributed by atoms with Crippen LogP contribution in [0.5, 0.6) is 0 Å². The van der Waals surface area contributed by atoms with E-state index in [-0.39, 0.29) is 11.0 Å². The molecule has 6 nitrogen and oxygen atoms in total. The second kappa shape index (κ2) is 7.09. The first-order valence-electron chi connectivity index (χ1n) is 6.19. The minimum atomic E-state index is -0.493. The fraction of sp³-hybridized carbons (Fsp3) is 0.462. The van der Waals surface area contributed by atoms with Gasteiger partial charge in [-0.2, -0.15) is 0 Å². The number of alkyl carbamates (subject to hydrolysis) is 1. The summed E-state index contributed by atoms with van der Waals surface area (Å²) in [4.78, 5) is 19.3. The Bertz CT molecular complexity index is 498. The van der Waals surface area contributed by atoms with Crippen LogP contribution in [-0.4, -0.2) is 28.2 Å². The molecule has 0 aromatic carbocycles. The number of carbonyl (C=O) groups is 1. The summed E-state index contributed by atoms with van der Waals surface area (Å²) >= 11 is 5.65. The predicted octanol–water partition coefficient (Wildman–Crippen LogP) is 2.64. The molecule has 0 spiro atoms. The van der Waals surface area contributed by atoms with Gasteiger partial charge in [-0.1, -0.05) is 17.7 Å². The highest BCUT2D eigenvalue weighted by Gasteiger charge is 2.15. The molecule has 0 aliphatic carbocycles. The summed E-state index contributed by atoms with van der Waals surface area (Å²) in [6, 6.07) is 0. The minimum absolute atomic E-state index is 0.256. The van der Waals surface area contributed by atoms with Crippen molar-refractivity contribution in [3.05, 3.63) is 23.1 Å². The Morgan fingerprint density at radius 1 is 1.55 bits per heavy atom. The van der Waals surface area contributed by atoms with E-state index in [1.54, 1.807) is 6.08 Å². The first-order chi connectivity index (χ1) is 9.28. The van der Waals surface area contributed by atoms with Crippen LogP contribution >= 0.6 is 11.6 Å². The number of halogens is 1. The van der Waals surface area contributed by atoms with Crippen LogP contribution in [0.2, 0.25) is 5.15 Å².